The third-order valence-corrected chi connectivity index (χ3v) is 9.37. The van der Waals surface area contributed by atoms with Crippen molar-refractivity contribution in [3.05, 3.63) is 71.0 Å². The van der Waals surface area contributed by atoms with Crippen LogP contribution >= 0.6 is 11.6 Å². The number of carbonyl (C=O) groups excluding carboxylic acids is 5. The van der Waals surface area contributed by atoms with Gasteiger partial charge in [-0.2, -0.15) is 0 Å². The van der Waals surface area contributed by atoms with Gasteiger partial charge in [0.05, 0.1) is 24.9 Å². The molecule has 1 saturated carbocycles. The van der Waals surface area contributed by atoms with Gasteiger partial charge in [0.1, 0.15) is 17.7 Å². The van der Waals surface area contributed by atoms with Crippen molar-refractivity contribution in [3.63, 3.8) is 0 Å². The summed E-state index contributed by atoms with van der Waals surface area (Å²) in [7, 11) is 0. The fourth-order valence-corrected chi connectivity index (χ4v) is 6.44. The number of hydrogen-bond donors (Lipinski definition) is 4. The van der Waals surface area contributed by atoms with E-state index in [1.165, 1.54) is 4.90 Å². The Hall–Kier alpha value is -4.49. The summed E-state index contributed by atoms with van der Waals surface area (Å²) in [6.07, 6.45) is 8.16. The number of rotatable bonds is 14. The maximum absolute atomic E-state index is 14.5. The predicted molar refractivity (Wildman–Crippen MR) is 190 cm³/mol. The molecule has 14 heteroatoms. The first kappa shape index (κ1) is 37.8. The van der Waals surface area contributed by atoms with E-state index in [0.717, 1.165) is 24.0 Å². The van der Waals surface area contributed by atoms with Crippen LogP contribution in [0, 0.1) is 5.41 Å². The minimum absolute atomic E-state index is 0.0237. The number of aromatic nitrogens is 1. The molecule has 51 heavy (non-hydrogen) atoms. The van der Waals surface area contributed by atoms with Crippen molar-refractivity contribution in [1.29, 1.82) is 0 Å². The molecule has 4 atom stereocenters. The third-order valence-electron chi connectivity index (χ3n) is 9.13. The van der Waals surface area contributed by atoms with E-state index >= 15 is 0 Å². The number of halogens is 1. The van der Waals surface area contributed by atoms with Crippen LogP contribution in [0.5, 0.6) is 0 Å². The van der Waals surface area contributed by atoms with Crippen molar-refractivity contribution in [2.75, 3.05) is 13.2 Å². The second kappa shape index (κ2) is 16.2. The number of benzene rings is 1. The standard InChI is InChI=1S/C37H47ClN6O7/c1-5-9-27(30(45)33(47)40-26-14-15-26)41-32(46)29-20-37(19-28(43-51-37)24-12-6-13-25(38)18-24)22-44(29)34(48)31(36(2,3)4)42-35(49)50-17-8-11-23-10-7-16-39-21-23/h6-7,10,12-13,16,18-19,21,26-27,29,31,43H,5,8-9,11,14-15,17,20,22H2,1-4H3,(H,40,47)(H,41,46)(H,42,49)/t27-,29-,31+,37+/m0/s1. The summed E-state index contributed by atoms with van der Waals surface area (Å²) >= 11 is 6.24. The molecule has 1 aromatic carbocycles. The van der Waals surface area contributed by atoms with Crippen LogP contribution < -0.4 is 21.4 Å². The first-order chi connectivity index (χ1) is 24.3. The number of pyridine rings is 1. The fourth-order valence-electron chi connectivity index (χ4n) is 6.25. The number of nitrogens with zero attached hydrogens (tertiary/aromatic N) is 2. The molecule has 274 valence electrons. The maximum atomic E-state index is 14.5. The summed E-state index contributed by atoms with van der Waals surface area (Å²) < 4.78 is 5.45. The number of ether oxygens (including phenoxy) is 1. The predicted octanol–water partition coefficient (Wildman–Crippen LogP) is 3.86. The highest BCUT2D eigenvalue weighted by molar-refractivity contribution is 6.38. The summed E-state index contributed by atoms with van der Waals surface area (Å²) in [5.74, 6) is -2.60. The Morgan fingerprint density at radius 3 is 2.59 bits per heavy atom. The quantitative estimate of drug-likeness (QED) is 0.167. The summed E-state index contributed by atoms with van der Waals surface area (Å²) in [5, 5.41) is 8.73. The number of likely N-dealkylation sites (tertiary alicyclic amines) is 1. The van der Waals surface area contributed by atoms with Crippen LogP contribution in [0.4, 0.5) is 4.79 Å². The molecule has 2 aromatic rings. The first-order valence-corrected chi connectivity index (χ1v) is 17.9. The van der Waals surface area contributed by atoms with Gasteiger partial charge in [-0.15, -0.1) is 0 Å². The number of amides is 4. The van der Waals surface area contributed by atoms with Crippen LogP contribution in [0.25, 0.3) is 5.70 Å². The third kappa shape index (κ3) is 9.85. The van der Waals surface area contributed by atoms with Gasteiger partial charge in [-0.3, -0.25) is 34.5 Å². The van der Waals surface area contributed by atoms with Gasteiger partial charge >= 0.3 is 6.09 Å². The fraction of sp³-hybridized carbons (Fsp3) is 0.514. The van der Waals surface area contributed by atoms with Crippen LogP contribution in [-0.4, -0.2) is 82.4 Å². The molecular formula is C37H47ClN6O7. The average molecular weight is 723 g/mol. The van der Waals surface area contributed by atoms with Crippen LogP contribution in [-0.2, 0) is 35.2 Å². The van der Waals surface area contributed by atoms with E-state index in [1.54, 1.807) is 51.4 Å². The summed E-state index contributed by atoms with van der Waals surface area (Å²) in [6, 6.07) is 7.66. The molecule has 1 saturated heterocycles. The van der Waals surface area contributed by atoms with Crippen LogP contribution in [0.15, 0.2) is 54.9 Å². The Balaban J connectivity index is 1.35. The number of carbonyl (C=O) groups is 5. The lowest BCUT2D eigenvalue weighted by atomic mass is 9.85. The molecule has 1 aromatic heterocycles. The highest BCUT2D eigenvalue weighted by Gasteiger charge is 2.54. The van der Waals surface area contributed by atoms with Crippen LogP contribution in [0.3, 0.4) is 0 Å². The Morgan fingerprint density at radius 1 is 1.14 bits per heavy atom. The number of hydrogen-bond acceptors (Lipinski definition) is 9. The molecular weight excluding hydrogens is 676 g/mol. The highest BCUT2D eigenvalue weighted by Crippen LogP contribution is 2.39. The molecule has 0 bridgehead atoms. The lowest BCUT2D eigenvalue weighted by Crippen LogP contribution is -2.59. The zero-order valence-corrected chi connectivity index (χ0v) is 30.3. The second-order valence-corrected chi connectivity index (χ2v) is 15.0. The maximum Gasteiger partial charge on any atom is 0.407 e. The SMILES string of the molecule is CCC[C@H](NC(=O)[C@@H]1C[C@]2(C=C(c3cccc(Cl)c3)NO2)CN1C(=O)[C@@H](NC(=O)OCCCc1cccnc1)C(C)(C)C)C(=O)C(=O)NC1CC1. The summed E-state index contributed by atoms with van der Waals surface area (Å²) in [5.41, 5.74) is 3.39. The molecule has 0 unspecified atom stereocenters. The van der Waals surface area contributed by atoms with Gasteiger partial charge in [-0.1, -0.05) is 63.9 Å². The Kier molecular flexibility index (Phi) is 12.0. The van der Waals surface area contributed by atoms with Crippen molar-refractivity contribution in [1.82, 2.24) is 31.3 Å². The number of alkyl carbamates (subject to hydrolysis) is 1. The van der Waals surface area contributed by atoms with Crippen molar-refractivity contribution in [3.8, 4) is 0 Å². The lowest BCUT2D eigenvalue weighted by Gasteiger charge is -2.35. The minimum atomic E-state index is -1.13. The van der Waals surface area contributed by atoms with Crippen molar-refractivity contribution in [2.24, 2.45) is 5.41 Å². The normalized spacial score (nSPS) is 20.9. The average Bonchev–Trinajstić information content (AvgIpc) is 3.69. The lowest BCUT2D eigenvalue weighted by molar-refractivity contribution is -0.144. The van der Waals surface area contributed by atoms with Crippen LogP contribution in [0.1, 0.15) is 77.3 Å². The first-order valence-electron chi connectivity index (χ1n) is 17.5. The Bertz CT molecular complexity index is 1640. The topological polar surface area (TPSA) is 168 Å². The molecule has 0 radical (unpaired) electrons. The molecule has 5 rings (SSSR count). The Labute approximate surface area is 303 Å². The smallest absolute Gasteiger partial charge is 0.407 e. The minimum Gasteiger partial charge on any atom is -0.450 e. The second-order valence-electron chi connectivity index (χ2n) is 14.5. The van der Waals surface area contributed by atoms with Gasteiger partial charge in [0, 0.05) is 35.4 Å². The number of ketones is 1. The van der Waals surface area contributed by atoms with Gasteiger partial charge in [-0.25, -0.2) is 4.79 Å². The van der Waals surface area contributed by atoms with E-state index in [1.807, 2.05) is 31.2 Å². The van der Waals surface area contributed by atoms with E-state index in [0.29, 0.717) is 30.0 Å². The van der Waals surface area contributed by atoms with Gasteiger partial charge in [0.15, 0.2) is 0 Å². The number of hydroxylamine groups is 1. The van der Waals surface area contributed by atoms with Crippen LogP contribution in [0.2, 0.25) is 5.02 Å². The number of aryl methyl sites for hydroxylation is 1. The largest absolute Gasteiger partial charge is 0.450 e. The highest BCUT2D eigenvalue weighted by atomic mass is 35.5. The molecule has 1 spiro atoms. The zero-order valence-electron chi connectivity index (χ0n) is 29.5. The molecule has 3 aliphatic rings. The van der Waals surface area contributed by atoms with Gasteiger partial charge in [-0.05, 0) is 67.4 Å². The van der Waals surface area contributed by atoms with Gasteiger partial charge in [0.25, 0.3) is 5.91 Å². The van der Waals surface area contributed by atoms with Gasteiger partial charge < -0.3 is 25.6 Å². The summed E-state index contributed by atoms with van der Waals surface area (Å²) in [6.45, 7) is 7.35. The summed E-state index contributed by atoms with van der Waals surface area (Å²) in [4.78, 5) is 79.1. The number of Topliss-reactive ketones (excluding diaryl/α,β-unsaturated/α-hetero) is 1. The molecule has 2 fully saturated rings. The Morgan fingerprint density at radius 2 is 1.92 bits per heavy atom. The molecule has 2 aliphatic heterocycles. The molecule has 4 amide bonds. The zero-order chi connectivity index (χ0) is 36.8. The van der Waals surface area contributed by atoms with E-state index in [2.05, 4.69) is 26.4 Å². The van der Waals surface area contributed by atoms with E-state index < -0.39 is 58.7 Å². The van der Waals surface area contributed by atoms with E-state index in [-0.39, 0.29) is 32.0 Å². The molecule has 13 nitrogen and oxygen atoms in total. The van der Waals surface area contributed by atoms with E-state index in [9.17, 15) is 24.0 Å². The molecule has 4 N–H and O–H groups in total. The van der Waals surface area contributed by atoms with Crippen molar-refractivity contribution in [2.45, 2.75) is 102 Å². The van der Waals surface area contributed by atoms with Crippen molar-refractivity contribution < 1.29 is 33.5 Å². The monoisotopic (exact) mass is 722 g/mol. The molecule has 1 aliphatic carbocycles. The van der Waals surface area contributed by atoms with Crippen molar-refractivity contribution >= 4 is 46.9 Å². The van der Waals surface area contributed by atoms with E-state index in [4.69, 9.17) is 21.2 Å². The van der Waals surface area contributed by atoms with Gasteiger partial charge in [0.2, 0.25) is 17.6 Å². The molecule has 3 heterocycles. The number of nitrogens with one attached hydrogen (secondary N) is 4.